The van der Waals surface area contributed by atoms with Gasteiger partial charge in [0.05, 0.1) is 0 Å². The molecule has 0 saturated heterocycles. The molecule has 1 aliphatic rings. The van der Waals surface area contributed by atoms with Gasteiger partial charge in [-0.25, -0.2) is 0 Å². The minimum Gasteiger partial charge on any atom is -0.396 e. The summed E-state index contributed by atoms with van der Waals surface area (Å²) in [5.74, 6) is 0.889. The van der Waals surface area contributed by atoms with Gasteiger partial charge < -0.3 is 10.0 Å². The summed E-state index contributed by atoms with van der Waals surface area (Å²) in [6.45, 7) is 0.281. The third-order valence-corrected chi connectivity index (χ3v) is 2.89. The van der Waals surface area contributed by atoms with E-state index in [1.54, 1.807) is 19.0 Å². The highest BCUT2D eigenvalue weighted by Crippen LogP contribution is 2.29. The average Bonchev–Trinajstić information content (AvgIpc) is 2.17. The van der Waals surface area contributed by atoms with Crippen LogP contribution in [0.2, 0.25) is 0 Å². The topological polar surface area (TPSA) is 40.5 Å². The van der Waals surface area contributed by atoms with Crippen LogP contribution in [0.3, 0.4) is 0 Å². The summed E-state index contributed by atoms with van der Waals surface area (Å²) in [5, 5.41) is 8.93. The maximum Gasteiger partial charge on any atom is 0.225 e. The maximum atomic E-state index is 11.6. The summed E-state index contributed by atoms with van der Waals surface area (Å²) in [7, 11) is 3.61. The molecule has 76 valence electrons. The van der Waals surface area contributed by atoms with Gasteiger partial charge in [0.2, 0.25) is 5.91 Å². The molecule has 1 N–H and O–H groups in total. The van der Waals surface area contributed by atoms with Crippen molar-refractivity contribution in [2.45, 2.75) is 25.7 Å². The molecular weight excluding hydrogens is 166 g/mol. The number of hydrogen-bond acceptors (Lipinski definition) is 2. The summed E-state index contributed by atoms with van der Waals surface area (Å²) in [6.07, 6.45) is 3.89. The average molecular weight is 185 g/mol. The number of amides is 1. The van der Waals surface area contributed by atoms with E-state index in [1.807, 2.05) is 0 Å². The van der Waals surface area contributed by atoms with Crippen LogP contribution < -0.4 is 0 Å². The lowest BCUT2D eigenvalue weighted by molar-refractivity contribution is -0.134. The van der Waals surface area contributed by atoms with Gasteiger partial charge in [-0.1, -0.05) is 0 Å². The van der Waals surface area contributed by atoms with Crippen LogP contribution in [0.4, 0.5) is 0 Å². The number of aliphatic hydroxyl groups is 1. The van der Waals surface area contributed by atoms with Crippen molar-refractivity contribution < 1.29 is 9.90 Å². The third-order valence-electron chi connectivity index (χ3n) is 2.89. The van der Waals surface area contributed by atoms with Crippen molar-refractivity contribution in [3.05, 3.63) is 0 Å². The van der Waals surface area contributed by atoms with Crippen LogP contribution in [0.15, 0.2) is 0 Å². The Morgan fingerprint density at radius 3 is 2.23 bits per heavy atom. The van der Waals surface area contributed by atoms with Gasteiger partial charge in [0, 0.05) is 26.6 Å². The normalized spacial score (nSPS) is 28.5. The van der Waals surface area contributed by atoms with Crippen molar-refractivity contribution in [3.8, 4) is 0 Å². The summed E-state index contributed by atoms with van der Waals surface area (Å²) < 4.78 is 0. The fourth-order valence-electron chi connectivity index (χ4n) is 1.96. The molecule has 1 aliphatic carbocycles. The van der Waals surface area contributed by atoms with Gasteiger partial charge in [0.1, 0.15) is 0 Å². The lowest BCUT2D eigenvalue weighted by atomic mass is 9.82. The SMILES string of the molecule is CN(C)C(=O)C1CCC(CO)CC1. The van der Waals surface area contributed by atoms with Crippen molar-refractivity contribution in [3.63, 3.8) is 0 Å². The molecule has 1 amide bonds. The van der Waals surface area contributed by atoms with E-state index in [0.717, 1.165) is 25.7 Å². The summed E-state index contributed by atoms with van der Waals surface area (Å²) in [4.78, 5) is 13.2. The van der Waals surface area contributed by atoms with Crippen molar-refractivity contribution >= 4 is 5.91 Å². The number of aliphatic hydroxyl groups excluding tert-OH is 1. The quantitative estimate of drug-likeness (QED) is 0.693. The first-order valence-electron chi connectivity index (χ1n) is 4.97. The highest BCUT2D eigenvalue weighted by Gasteiger charge is 2.26. The molecule has 0 heterocycles. The van der Waals surface area contributed by atoms with E-state index < -0.39 is 0 Å². The number of carbonyl (C=O) groups excluding carboxylic acids is 1. The molecule has 0 aliphatic heterocycles. The maximum absolute atomic E-state index is 11.6. The van der Waals surface area contributed by atoms with Crippen molar-refractivity contribution in [2.24, 2.45) is 11.8 Å². The zero-order valence-corrected chi connectivity index (χ0v) is 8.49. The van der Waals surface area contributed by atoms with Crippen LogP contribution in [0.25, 0.3) is 0 Å². The Hall–Kier alpha value is -0.570. The first kappa shape index (κ1) is 10.5. The predicted molar refractivity (Wildman–Crippen MR) is 51.2 cm³/mol. The van der Waals surface area contributed by atoms with E-state index in [2.05, 4.69) is 0 Å². The smallest absolute Gasteiger partial charge is 0.225 e. The molecule has 0 bridgehead atoms. The molecule has 0 aromatic rings. The van der Waals surface area contributed by atoms with Crippen LogP contribution in [0.1, 0.15) is 25.7 Å². The van der Waals surface area contributed by atoms with Gasteiger partial charge in [-0.15, -0.1) is 0 Å². The third kappa shape index (κ3) is 2.69. The summed E-state index contributed by atoms with van der Waals surface area (Å²) in [5.41, 5.74) is 0. The minimum atomic E-state index is 0.206. The van der Waals surface area contributed by atoms with Gasteiger partial charge in [-0.05, 0) is 31.6 Å². The zero-order chi connectivity index (χ0) is 9.84. The first-order chi connectivity index (χ1) is 6.15. The molecular formula is C10H19NO2. The molecule has 0 aromatic carbocycles. The van der Waals surface area contributed by atoms with Crippen LogP contribution >= 0.6 is 0 Å². The highest BCUT2D eigenvalue weighted by molar-refractivity contribution is 5.78. The van der Waals surface area contributed by atoms with Gasteiger partial charge in [0.15, 0.2) is 0 Å². The number of hydrogen-bond donors (Lipinski definition) is 1. The molecule has 0 radical (unpaired) electrons. The fourth-order valence-corrected chi connectivity index (χ4v) is 1.96. The monoisotopic (exact) mass is 185 g/mol. The van der Waals surface area contributed by atoms with Crippen molar-refractivity contribution in [1.82, 2.24) is 4.90 Å². The Labute approximate surface area is 79.7 Å². The van der Waals surface area contributed by atoms with E-state index >= 15 is 0 Å². The predicted octanol–water partition coefficient (Wildman–Crippen LogP) is 0.873. The van der Waals surface area contributed by atoms with Crippen molar-refractivity contribution in [2.75, 3.05) is 20.7 Å². The first-order valence-corrected chi connectivity index (χ1v) is 4.97. The molecule has 13 heavy (non-hydrogen) atoms. The van der Waals surface area contributed by atoms with Crippen LogP contribution in [0, 0.1) is 11.8 Å². The molecule has 1 rings (SSSR count). The summed E-state index contributed by atoms with van der Waals surface area (Å²) in [6, 6.07) is 0. The Kier molecular flexibility index (Phi) is 3.72. The number of carbonyl (C=O) groups is 1. The molecule has 0 aromatic heterocycles. The van der Waals surface area contributed by atoms with Crippen molar-refractivity contribution in [1.29, 1.82) is 0 Å². The summed E-state index contributed by atoms with van der Waals surface area (Å²) >= 11 is 0. The second kappa shape index (κ2) is 4.61. The molecule has 3 nitrogen and oxygen atoms in total. The highest BCUT2D eigenvalue weighted by atomic mass is 16.3. The van der Waals surface area contributed by atoms with Gasteiger partial charge in [0.25, 0.3) is 0 Å². The van der Waals surface area contributed by atoms with E-state index in [1.165, 1.54) is 0 Å². The van der Waals surface area contributed by atoms with Gasteiger partial charge in [-0.3, -0.25) is 4.79 Å². The zero-order valence-electron chi connectivity index (χ0n) is 8.49. The Morgan fingerprint density at radius 1 is 1.31 bits per heavy atom. The fraction of sp³-hybridized carbons (Fsp3) is 0.900. The van der Waals surface area contributed by atoms with Crippen LogP contribution in [-0.2, 0) is 4.79 Å². The molecule has 0 unspecified atom stereocenters. The molecule has 0 spiro atoms. The Morgan fingerprint density at radius 2 is 1.85 bits per heavy atom. The number of nitrogens with zero attached hydrogens (tertiary/aromatic N) is 1. The second-order valence-electron chi connectivity index (χ2n) is 4.13. The lowest BCUT2D eigenvalue weighted by Gasteiger charge is -2.28. The Bertz CT molecular complexity index is 172. The second-order valence-corrected chi connectivity index (χ2v) is 4.13. The van der Waals surface area contributed by atoms with Crippen LogP contribution in [-0.4, -0.2) is 36.6 Å². The standard InChI is InChI=1S/C10H19NO2/c1-11(2)10(13)9-5-3-8(7-12)4-6-9/h8-9,12H,3-7H2,1-2H3. The van der Waals surface area contributed by atoms with E-state index in [0.29, 0.717) is 5.92 Å². The van der Waals surface area contributed by atoms with E-state index in [9.17, 15) is 4.79 Å². The largest absolute Gasteiger partial charge is 0.396 e. The van der Waals surface area contributed by atoms with Crippen LogP contribution in [0.5, 0.6) is 0 Å². The van der Waals surface area contributed by atoms with Gasteiger partial charge >= 0.3 is 0 Å². The van der Waals surface area contributed by atoms with E-state index in [-0.39, 0.29) is 18.4 Å². The van der Waals surface area contributed by atoms with Gasteiger partial charge in [-0.2, -0.15) is 0 Å². The Balaban J connectivity index is 2.36. The molecule has 0 atom stereocenters. The minimum absolute atomic E-state index is 0.206. The lowest BCUT2D eigenvalue weighted by Crippen LogP contribution is -2.32. The van der Waals surface area contributed by atoms with E-state index in [4.69, 9.17) is 5.11 Å². The molecule has 1 saturated carbocycles. The molecule has 1 fully saturated rings. The number of rotatable bonds is 2. The molecule has 3 heteroatoms.